The lowest BCUT2D eigenvalue weighted by Gasteiger charge is -2.37. The summed E-state index contributed by atoms with van der Waals surface area (Å²) in [5.74, 6) is -0.852. The number of alkyl halides is 3. The number of rotatable bonds is 4. The van der Waals surface area contributed by atoms with Crippen molar-refractivity contribution in [2.45, 2.75) is 62.9 Å². The van der Waals surface area contributed by atoms with Crippen LogP contribution < -0.4 is 0 Å². The Morgan fingerprint density at radius 2 is 1.80 bits per heavy atom. The molecule has 0 radical (unpaired) electrons. The number of hydrogen-bond acceptors (Lipinski definition) is 5. The van der Waals surface area contributed by atoms with Gasteiger partial charge in [0, 0.05) is 41.3 Å². The number of nitrogens with zero attached hydrogens (tertiary/aromatic N) is 4. The highest BCUT2D eigenvalue weighted by Crippen LogP contribution is 2.37. The zero-order chi connectivity index (χ0) is 30.0. The fourth-order valence-electron chi connectivity index (χ4n) is 5.52. The van der Waals surface area contributed by atoms with Crippen molar-refractivity contribution in [1.82, 2.24) is 19.6 Å². The van der Waals surface area contributed by atoms with E-state index in [4.69, 9.17) is 21.5 Å². The van der Waals surface area contributed by atoms with Crippen molar-refractivity contribution in [3.8, 4) is 0 Å². The van der Waals surface area contributed by atoms with Crippen molar-refractivity contribution in [2.75, 3.05) is 12.8 Å². The second kappa shape index (κ2) is 10.2. The summed E-state index contributed by atoms with van der Waals surface area (Å²) in [4.78, 5) is 31.0. The van der Waals surface area contributed by atoms with E-state index < -0.39 is 32.4 Å². The molecule has 3 aromatic rings. The van der Waals surface area contributed by atoms with Crippen LogP contribution in [0.25, 0.3) is 0 Å². The normalized spacial score (nSPS) is 21.2. The lowest BCUT2D eigenvalue weighted by molar-refractivity contribution is -0.137. The van der Waals surface area contributed by atoms with Crippen LogP contribution in [0, 0.1) is 4.78 Å². The van der Waals surface area contributed by atoms with Gasteiger partial charge in [0.25, 0.3) is 11.8 Å². The molecule has 0 spiro atoms. The lowest BCUT2D eigenvalue weighted by Crippen LogP contribution is -2.45. The van der Waals surface area contributed by atoms with Crippen LogP contribution in [0.4, 0.5) is 13.2 Å². The first-order valence-corrected chi connectivity index (χ1v) is 15.3. The molecule has 3 heterocycles. The fraction of sp³-hybridized carbons (Fsp3) is 0.393. The first kappa shape index (κ1) is 29.1. The summed E-state index contributed by atoms with van der Waals surface area (Å²) in [6, 6.07) is 9.04. The molecule has 2 aliphatic rings. The van der Waals surface area contributed by atoms with Gasteiger partial charge in [0.2, 0.25) is 0 Å². The third-order valence-corrected chi connectivity index (χ3v) is 9.34. The summed E-state index contributed by atoms with van der Waals surface area (Å²) >= 11 is 5.75. The van der Waals surface area contributed by atoms with Crippen LogP contribution >= 0.6 is 11.6 Å². The number of benzene rings is 2. The SMILES string of the molecule is C[C@@H]1Cc2nn3c(c2CN1C(=O)c1ccc(Cl)c(C(F)(F)F)c1)C(=O)N([C@@H](C)c1ccc([S@](C)(=N)=O)cc1)C[C@H]3C. The van der Waals surface area contributed by atoms with Gasteiger partial charge in [-0.05, 0) is 56.7 Å². The molecule has 0 saturated heterocycles. The van der Waals surface area contributed by atoms with E-state index in [0.29, 0.717) is 34.8 Å². The van der Waals surface area contributed by atoms with Gasteiger partial charge in [0.1, 0.15) is 5.69 Å². The van der Waals surface area contributed by atoms with Gasteiger partial charge in [-0.1, -0.05) is 23.7 Å². The minimum atomic E-state index is -4.71. The maximum Gasteiger partial charge on any atom is 0.417 e. The van der Waals surface area contributed by atoms with E-state index in [0.717, 1.165) is 17.7 Å². The van der Waals surface area contributed by atoms with Crippen molar-refractivity contribution >= 4 is 33.1 Å². The highest BCUT2D eigenvalue weighted by atomic mass is 35.5. The van der Waals surface area contributed by atoms with Crippen LogP contribution in [-0.4, -0.2) is 54.4 Å². The molecule has 2 aromatic carbocycles. The monoisotopic (exact) mass is 607 g/mol. The summed E-state index contributed by atoms with van der Waals surface area (Å²) in [7, 11) is -2.87. The lowest BCUT2D eigenvalue weighted by atomic mass is 9.96. The number of carbonyl (C=O) groups is 2. The van der Waals surface area contributed by atoms with Gasteiger partial charge >= 0.3 is 6.18 Å². The van der Waals surface area contributed by atoms with Gasteiger partial charge in [0.15, 0.2) is 0 Å². The number of hydrogen-bond donors (Lipinski definition) is 1. The molecule has 0 bridgehead atoms. The van der Waals surface area contributed by atoms with Gasteiger partial charge in [-0.25, -0.2) is 8.99 Å². The van der Waals surface area contributed by atoms with Crippen LogP contribution in [0.1, 0.15) is 76.1 Å². The molecule has 2 aliphatic heterocycles. The molecule has 4 atom stereocenters. The number of nitrogens with one attached hydrogen (secondary N) is 1. The maximum atomic E-state index is 13.9. The van der Waals surface area contributed by atoms with Crippen molar-refractivity contribution in [2.24, 2.45) is 0 Å². The van der Waals surface area contributed by atoms with Crippen LogP contribution in [0.2, 0.25) is 5.02 Å². The van der Waals surface area contributed by atoms with Crippen LogP contribution in [-0.2, 0) is 28.9 Å². The molecule has 0 fully saturated rings. The maximum absolute atomic E-state index is 13.9. The molecule has 13 heteroatoms. The number of amides is 2. The first-order chi connectivity index (χ1) is 19.1. The average molecular weight is 608 g/mol. The largest absolute Gasteiger partial charge is 0.417 e. The molecular weight excluding hydrogens is 579 g/mol. The first-order valence-electron chi connectivity index (χ1n) is 13.0. The summed E-state index contributed by atoms with van der Waals surface area (Å²) in [5, 5.41) is 4.23. The Hall–Kier alpha value is -3.38. The molecule has 1 aromatic heterocycles. The zero-order valence-electron chi connectivity index (χ0n) is 22.8. The predicted molar refractivity (Wildman–Crippen MR) is 147 cm³/mol. The Labute approximate surface area is 241 Å². The topological polar surface area (TPSA) is 99.4 Å². The molecule has 0 unspecified atom stereocenters. The molecule has 0 aliphatic carbocycles. The molecule has 8 nitrogen and oxygen atoms in total. The van der Waals surface area contributed by atoms with E-state index in [-0.39, 0.29) is 36.1 Å². The van der Waals surface area contributed by atoms with Crippen molar-refractivity contribution < 1.29 is 27.0 Å². The Bertz CT molecular complexity index is 1650. The molecule has 218 valence electrons. The van der Waals surface area contributed by atoms with Crippen LogP contribution in [0.15, 0.2) is 47.4 Å². The molecular formula is C28H29ClF3N5O3S. The molecule has 1 N–H and O–H groups in total. The Morgan fingerprint density at radius 1 is 1.15 bits per heavy atom. The second-order valence-corrected chi connectivity index (χ2v) is 13.4. The average Bonchev–Trinajstić information content (AvgIpc) is 3.27. The molecule has 5 rings (SSSR count). The van der Waals surface area contributed by atoms with Gasteiger partial charge in [-0.2, -0.15) is 18.3 Å². The summed E-state index contributed by atoms with van der Waals surface area (Å²) in [6.45, 7) is 6.05. The van der Waals surface area contributed by atoms with E-state index >= 15 is 0 Å². The number of carbonyl (C=O) groups excluding carboxylic acids is 2. The van der Waals surface area contributed by atoms with Crippen LogP contribution in [0.3, 0.4) is 0 Å². The predicted octanol–water partition coefficient (Wildman–Crippen LogP) is 5.96. The van der Waals surface area contributed by atoms with Crippen molar-refractivity contribution in [1.29, 1.82) is 4.78 Å². The fourth-order valence-corrected chi connectivity index (χ4v) is 6.40. The van der Waals surface area contributed by atoms with Gasteiger partial charge in [-0.15, -0.1) is 0 Å². The quantitative estimate of drug-likeness (QED) is 0.396. The molecule has 0 saturated carbocycles. The Kier molecular flexibility index (Phi) is 7.22. The van der Waals surface area contributed by atoms with E-state index in [2.05, 4.69) is 0 Å². The number of fused-ring (bicyclic) bond motifs is 3. The Morgan fingerprint density at radius 3 is 2.41 bits per heavy atom. The molecule has 2 amide bonds. The zero-order valence-corrected chi connectivity index (χ0v) is 24.4. The van der Waals surface area contributed by atoms with E-state index in [1.165, 1.54) is 17.2 Å². The van der Waals surface area contributed by atoms with Crippen LogP contribution in [0.5, 0.6) is 0 Å². The highest BCUT2D eigenvalue weighted by Gasteiger charge is 2.41. The minimum absolute atomic E-state index is 0.0262. The van der Waals surface area contributed by atoms with Gasteiger partial charge < -0.3 is 9.80 Å². The van der Waals surface area contributed by atoms with Crippen molar-refractivity contribution in [3.63, 3.8) is 0 Å². The van der Waals surface area contributed by atoms with Crippen molar-refractivity contribution in [3.05, 3.63) is 81.1 Å². The molecule has 41 heavy (non-hydrogen) atoms. The minimum Gasteiger partial charge on any atom is -0.331 e. The summed E-state index contributed by atoms with van der Waals surface area (Å²) in [5.41, 5.74) is 1.24. The second-order valence-electron chi connectivity index (χ2n) is 10.8. The number of aromatic nitrogens is 2. The third kappa shape index (κ3) is 5.23. The highest BCUT2D eigenvalue weighted by molar-refractivity contribution is 7.91. The standard InChI is InChI=1S/C28H29ClF3N5O3S/c1-15-11-24-21(14-35(15)26(38)19-7-10-23(29)22(12-19)28(30,31)32)25-27(39)36(13-16(2)37(25)34-24)17(3)18-5-8-20(9-6-18)41(4,33)40/h5-10,12,15-17,33H,11,13-14H2,1-4H3/t15-,16-,17+,41-/m1/s1. The van der Waals surface area contributed by atoms with Gasteiger partial charge in [-0.3, -0.25) is 14.3 Å². The number of halogens is 4. The van der Waals surface area contributed by atoms with E-state index in [9.17, 15) is 27.0 Å². The van der Waals surface area contributed by atoms with Gasteiger partial charge in [0.05, 0.1) is 44.6 Å². The Balaban J connectivity index is 1.46. The van der Waals surface area contributed by atoms with E-state index in [1.807, 2.05) is 13.8 Å². The summed E-state index contributed by atoms with van der Waals surface area (Å²) in [6.07, 6.45) is -3.01. The summed E-state index contributed by atoms with van der Waals surface area (Å²) < 4.78 is 61.9. The smallest absolute Gasteiger partial charge is 0.331 e. The third-order valence-electron chi connectivity index (χ3n) is 7.84. The van der Waals surface area contributed by atoms with E-state index in [1.54, 1.807) is 40.8 Å².